The lowest BCUT2D eigenvalue weighted by Gasteiger charge is -2.15. The molecule has 0 radical (unpaired) electrons. The first-order valence-corrected chi connectivity index (χ1v) is 6.58. The van der Waals surface area contributed by atoms with Crippen LogP contribution in [0, 0.1) is 6.92 Å². The van der Waals surface area contributed by atoms with E-state index in [0.29, 0.717) is 0 Å². The predicted molar refractivity (Wildman–Crippen MR) is 66.5 cm³/mol. The smallest absolute Gasteiger partial charge is 0.0593 e. The van der Waals surface area contributed by atoms with Crippen molar-refractivity contribution in [3.05, 3.63) is 18.0 Å². The lowest BCUT2D eigenvalue weighted by Crippen LogP contribution is -2.31. The minimum Gasteiger partial charge on any atom is -0.312 e. The molecule has 0 aliphatic heterocycles. The molecule has 0 bridgehead atoms. The highest BCUT2D eigenvalue weighted by Gasteiger charge is 2.10. The summed E-state index contributed by atoms with van der Waals surface area (Å²) in [6, 6.07) is 2.81. The number of aromatic nitrogens is 2. The molecule has 1 aromatic rings. The number of hydrogen-bond acceptors (Lipinski definition) is 2. The Hall–Kier alpha value is -0.830. The summed E-state index contributed by atoms with van der Waals surface area (Å²) in [6.07, 6.45) is 10.4. The maximum atomic E-state index is 4.39. The molecule has 1 fully saturated rings. The maximum absolute atomic E-state index is 4.39. The first kappa shape index (κ1) is 11.6. The summed E-state index contributed by atoms with van der Waals surface area (Å²) in [6.45, 7) is 4.07. The molecule has 0 amide bonds. The van der Waals surface area contributed by atoms with Gasteiger partial charge in [0.2, 0.25) is 0 Å². The Bertz CT molecular complexity index is 298. The molecule has 16 heavy (non-hydrogen) atoms. The first-order chi connectivity index (χ1) is 7.84. The molecule has 0 atom stereocenters. The highest BCUT2D eigenvalue weighted by atomic mass is 15.3. The molecule has 3 nitrogen and oxygen atoms in total. The quantitative estimate of drug-likeness (QED) is 0.792. The molecule has 1 N–H and O–H groups in total. The Kier molecular flexibility index (Phi) is 4.40. The largest absolute Gasteiger partial charge is 0.312 e. The van der Waals surface area contributed by atoms with E-state index in [-0.39, 0.29) is 0 Å². The van der Waals surface area contributed by atoms with E-state index in [4.69, 9.17) is 0 Å². The Balaban J connectivity index is 1.67. The van der Waals surface area contributed by atoms with Gasteiger partial charge < -0.3 is 5.32 Å². The van der Waals surface area contributed by atoms with Gasteiger partial charge in [-0.1, -0.05) is 25.7 Å². The topological polar surface area (TPSA) is 29.9 Å². The summed E-state index contributed by atoms with van der Waals surface area (Å²) in [5.74, 6) is 0. The van der Waals surface area contributed by atoms with Crippen molar-refractivity contribution in [2.24, 2.45) is 0 Å². The molecule has 1 aliphatic rings. The van der Waals surface area contributed by atoms with E-state index in [9.17, 15) is 0 Å². The van der Waals surface area contributed by atoms with Gasteiger partial charge in [0.1, 0.15) is 0 Å². The fourth-order valence-corrected chi connectivity index (χ4v) is 2.45. The number of nitrogens with zero attached hydrogens (tertiary/aromatic N) is 2. The lowest BCUT2D eigenvalue weighted by molar-refractivity contribution is 0.436. The minimum atomic E-state index is 0.749. The van der Waals surface area contributed by atoms with Gasteiger partial charge in [0.25, 0.3) is 0 Å². The first-order valence-electron chi connectivity index (χ1n) is 6.58. The van der Waals surface area contributed by atoms with E-state index in [1.165, 1.54) is 38.5 Å². The second-order valence-electron chi connectivity index (χ2n) is 4.86. The van der Waals surface area contributed by atoms with E-state index in [0.717, 1.165) is 24.8 Å². The molecular weight excluding hydrogens is 198 g/mol. The van der Waals surface area contributed by atoms with Crippen molar-refractivity contribution >= 4 is 0 Å². The van der Waals surface area contributed by atoms with Crippen molar-refractivity contribution in [1.29, 1.82) is 0 Å². The molecule has 1 aliphatic carbocycles. The molecule has 3 heteroatoms. The van der Waals surface area contributed by atoms with Crippen LogP contribution >= 0.6 is 0 Å². The molecule has 0 aromatic carbocycles. The van der Waals surface area contributed by atoms with E-state index < -0.39 is 0 Å². The second kappa shape index (κ2) is 6.04. The van der Waals surface area contributed by atoms with Gasteiger partial charge in [-0.2, -0.15) is 5.10 Å². The van der Waals surface area contributed by atoms with Crippen molar-refractivity contribution in [3.8, 4) is 0 Å². The highest BCUT2D eigenvalue weighted by Crippen LogP contribution is 2.16. The average Bonchev–Trinajstić information content (AvgIpc) is 2.54. The zero-order chi connectivity index (χ0) is 11.2. The van der Waals surface area contributed by atoms with Crippen LogP contribution in [0.3, 0.4) is 0 Å². The van der Waals surface area contributed by atoms with Gasteiger partial charge in [-0.3, -0.25) is 4.68 Å². The van der Waals surface area contributed by atoms with E-state index >= 15 is 0 Å². The SMILES string of the molecule is Cc1ccn(CCNC2CCCCCC2)n1. The van der Waals surface area contributed by atoms with Gasteiger partial charge in [-0.15, -0.1) is 0 Å². The molecule has 1 saturated carbocycles. The van der Waals surface area contributed by atoms with E-state index in [1.54, 1.807) is 0 Å². The van der Waals surface area contributed by atoms with Crippen LogP contribution in [0.5, 0.6) is 0 Å². The number of rotatable bonds is 4. The van der Waals surface area contributed by atoms with E-state index in [2.05, 4.69) is 22.7 Å². The molecule has 1 heterocycles. The van der Waals surface area contributed by atoms with Crippen LogP contribution < -0.4 is 5.32 Å². The van der Waals surface area contributed by atoms with Gasteiger partial charge in [0.15, 0.2) is 0 Å². The molecular formula is C13H23N3. The molecule has 0 saturated heterocycles. The fourth-order valence-electron chi connectivity index (χ4n) is 2.45. The van der Waals surface area contributed by atoms with Crippen LogP contribution in [-0.4, -0.2) is 22.4 Å². The third-order valence-electron chi connectivity index (χ3n) is 3.40. The molecule has 0 spiro atoms. The standard InChI is InChI=1S/C13H23N3/c1-12-8-10-16(15-12)11-9-14-13-6-4-2-3-5-7-13/h8,10,13-14H,2-7,9,11H2,1H3. The van der Waals surface area contributed by atoms with Gasteiger partial charge in [0.05, 0.1) is 12.2 Å². The third kappa shape index (κ3) is 3.63. The van der Waals surface area contributed by atoms with Gasteiger partial charge >= 0.3 is 0 Å². The van der Waals surface area contributed by atoms with Gasteiger partial charge in [-0.05, 0) is 25.8 Å². The van der Waals surface area contributed by atoms with Crippen LogP contribution in [0.25, 0.3) is 0 Å². The van der Waals surface area contributed by atoms with Crippen molar-refractivity contribution < 1.29 is 0 Å². The van der Waals surface area contributed by atoms with Crippen molar-refractivity contribution in [2.45, 2.75) is 58.0 Å². The molecule has 0 unspecified atom stereocenters. The Morgan fingerprint density at radius 2 is 2.06 bits per heavy atom. The second-order valence-corrected chi connectivity index (χ2v) is 4.86. The van der Waals surface area contributed by atoms with Crippen LogP contribution in [-0.2, 0) is 6.54 Å². The number of nitrogens with one attached hydrogen (secondary N) is 1. The van der Waals surface area contributed by atoms with Crippen LogP contribution in [0.2, 0.25) is 0 Å². The lowest BCUT2D eigenvalue weighted by atomic mass is 10.1. The average molecular weight is 221 g/mol. The maximum Gasteiger partial charge on any atom is 0.0593 e. The van der Waals surface area contributed by atoms with Crippen LogP contribution in [0.15, 0.2) is 12.3 Å². The normalized spacial score (nSPS) is 18.6. The summed E-state index contributed by atoms with van der Waals surface area (Å²) < 4.78 is 2.03. The summed E-state index contributed by atoms with van der Waals surface area (Å²) in [7, 11) is 0. The monoisotopic (exact) mass is 221 g/mol. The van der Waals surface area contributed by atoms with Gasteiger partial charge in [0, 0.05) is 18.8 Å². The van der Waals surface area contributed by atoms with Crippen molar-refractivity contribution in [3.63, 3.8) is 0 Å². The molecule has 2 rings (SSSR count). The number of hydrogen-bond donors (Lipinski definition) is 1. The third-order valence-corrected chi connectivity index (χ3v) is 3.40. The van der Waals surface area contributed by atoms with Crippen molar-refractivity contribution in [1.82, 2.24) is 15.1 Å². The molecule has 1 aromatic heterocycles. The number of aryl methyl sites for hydroxylation is 1. The molecule has 90 valence electrons. The van der Waals surface area contributed by atoms with Gasteiger partial charge in [-0.25, -0.2) is 0 Å². The summed E-state index contributed by atoms with van der Waals surface area (Å²) in [4.78, 5) is 0. The highest BCUT2D eigenvalue weighted by molar-refractivity contribution is 4.94. The Morgan fingerprint density at radius 3 is 2.69 bits per heavy atom. The minimum absolute atomic E-state index is 0.749. The fraction of sp³-hybridized carbons (Fsp3) is 0.769. The zero-order valence-electron chi connectivity index (χ0n) is 10.3. The van der Waals surface area contributed by atoms with Crippen molar-refractivity contribution in [2.75, 3.05) is 6.54 Å². The summed E-state index contributed by atoms with van der Waals surface area (Å²) in [5, 5.41) is 8.05. The Labute approximate surface area is 98.2 Å². The van der Waals surface area contributed by atoms with E-state index in [1.807, 2.05) is 11.6 Å². The van der Waals surface area contributed by atoms with Crippen LogP contribution in [0.1, 0.15) is 44.2 Å². The van der Waals surface area contributed by atoms with Crippen LogP contribution in [0.4, 0.5) is 0 Å². The summed E-state index contributed by atoms with van der Waals surface area (Å²) in [5.41, 5.74) is 1.11. The summed E-state index contributed by atoms with van der Waals surface area (Å²) >= 11 is 0. The zero-order valence-corrected chi connectivity index (χ0v) is 10.3. The predicted octanol–water partition coefficient (Wildman–Crippen LogP) is 2.50. The Morgan fingerprint density at radius 1 is 1.31 bits per heavy atom.